The number of hydrogen-bond donors (Lipinski definition) is 1. The van der Waals surface area contributed by atoms with E-state index in [-0.39, 0.29) is 0 Å². The summed E-state index contributed by atoms with van der Waals surface area (Å²) in [5, 5.41) is 0. The molecule has 0 bridgehead atoms. The van der Waals surface area contributed by atoms with E-state index in [1.165, 1.54) is 16.7 Å². The Hall–Kier alpha value is -1.12. The van der Waals surface area contributed by atoms with Crippen LogP contribution in [0.1, 0.15) is 22.6 Å². The Morgan fingerprint density at radius 2 is 1.72 bits per heavy atom. The fourth-order valence-corrected chi connectivity index (χ4v) is 2.74. The van der Waals surface area contributed by atoms with Crippen molar-refractivity contribution >= 4 is 15.9 Å². The lowest BCUT2D eigenvalue weighted by atomic mass is 9.92. The van der Waals surface area contributed by atoms with Crippen LogP contribution in [0, 0.1) is 6.92 Å². The molecule has 0 aromatic heterocycles. The Morgan fingerprint density at radius 3 is 2.33 bits per heavy atom. The fourth-order valence-electron chi connectivity index (χ4n) is 2.14. The van der Waals surface area contributed by atoms with Crippen molar-refractivity contribution in [3.8, 4) is 0 Å². The molecule has 0 aliphatic carbocycles. The van der Waals surface area contributed by atoms with Gasteiger partial charge in [0.2, 0.25) is 0 Å². The summed E-state index contributed by atoms with van der Waals surface area (Å²) >= 11 is 3.61. The molecule has 2 aromatic carbocycles. The summed E-state index contributed by atoms with van der Waals surface area (Å²) in [6, 6.07) is 17.0. The van der Waals surface area contributed by atoms with Crippen molar-refractivity contribution in [2.24, 2.45) is 5.73 Å². The first-order valence-corrected chi connectivity index (χ1v) is 7.00. The number of nitrogens with two attached hydrogens (primary N) is 1. The minimum Gasteiger partial charge on any atom is -0.330 e. The average Bonchev–Trinajstić information content (AvgIpc) is 2.39. The van der Waals surface area contributed by atoms with Crippen molar-refractivity contribution in [1.29, 1.82) is 0 Å². The zero-order chi connectivity index (χ0) is 13.0. The molecular weight excluding hydrogens is 286 g/mol. The highest BCUT2D eigenvalue weighted by Crippen LogP contribution is 2.27. The zero-order valence-electron chi connectivity index (χ0n) is 10.6. The Morgan fingerprint density at radius 1 is 1.06 bits per heavy atom. The van der Waals surface area contributed by atoms with E-state index in [9.17, 15) is 0 Å². The van der Waals surface area contributed by atoms with Crippen molar-refractivity contribution in [3.63, 3.8) is 0 Å². The molecule has 1 atom stereocenters. The van der Waals surface area contributed by atoms with Gasteiger partial charge in [0.05, 0.1) is 0 Å². The number of benzene rings is 2. The summed E-state index contributed by atoms with van der Waals surface area (Å²) < 4.78 is 1.15. The quantitative estimate of drug-likeness (QED) is 0.906. The van der Waals surface area contributed by atoms with Crippen molar-refractivity contribution < 1.29 is 0 Å². The van der Waals surface area contributed by atoms with E-state index >= 15 is 0 Å². The monoisotopic (exact) mass is 303 g/mol. The summed E-state index contributed by atoms with van der Waals surface area (Å²) in [5.74, 6) is 0.364. The van der Waals surface area contributed by atoms with Crippen LogP contribution in [0.3, 0.4) is 0 Å². The standard InChI is InChI=1S/C16H18BrN/c1-12-6-8-13(9-7-12)10-14(11-18)15-4-2-3-5-16(15)17/h2-9,14H,10-11,18H2,1H3. The summed E-state index contributed by atoms with van der Waals surface area (Å²) in [7, 11) is 0. The molecule has 0 saturated carbocycles. The SMILES string of the molecule is Cc1ccc(CC(CN)c2ccccc2Br)cc1. The van der Waals surface area contributed by atoms with Crippen LogP contribution in [0.4, 0.5) is 0 Å². The van der Waals surface area contributed by atoms with E-state index in [1.54, 1.807) is 0 Å². The fraction of sp³-hybridized carbons (Fsp3) is 0.250. The van der Waals surface area contributed by atoms with Gasteiger partial charge in [-0.1, -0.05) is 64.0 Å². The first-order chi connectivity index (χ1) is 8.70. The van der Waals surface area contributed by atoms with Crippen LogP contribution in [-0.4, -0.2) is 6.54 Å². The van der Waals surface area contributed by atoms with Crippen LogP contribution in [0.5, 0.6) is 0 Å². The van der Waals surface area contributed by atoms with E-state index < -0.39 is 0 Å². The van der Waals surface area contributed by atoms with E-state index in [1.807, 2.05) is 6.07 Å². The highest BCUT2D eigenvalue weighted by molar-refractivity contribution is 9.10. The molecule has 18 heavy (non-hydrogen) atoms. The van der Waals surface area contributed by atoms with Crippen molar-refractivity contribution in [2.75, 3.05) is 6.54 Å². The molecule has 0 amide bonds. The third kappa shape index (κ3) is 3.21. The molecule has 2 aromatic rings. The van der Waals surface area contributed by atoms with Gasteiger partial charge in [-0.05, 0) is 37.1 Å². The first-order valence-electron chi connectivity index (χ1n) is 6.20. The second-order valence-corrected chi connectivity index (χ2v) is 5.50. The summed E-state index contributed by atoms with van der Waals surface area (Å²) in [5.41, 5.74) is 9.86. The van der Waals surface area contributed by atoms with Gasteiger partial charge in [-0.15, -0.1) is 0 Å². The van der Waals surface area contributed by atoms with Gasteiger partial charge in [0.25, 0.3) is 0 Å². The Kier molecular flexibility index (Phi) is 4.56. The lowest BCUT2D eigenvalue weighted by Gasteiger charge is -2.17. The average molecular weight is 304 g/mol. The second kappa shape index (κ2) is 6.17. The predicted molar refractivity (Wildman–Crippen MR) is 80.8 cm³/mol. The van der Waals surface area contributed by atoms with Crippen molar-refractivity contribution in [3.05, 3.63) is 69.7 Å². The van der Waals surface area contributed by atoms with E-state index in [4.69, 9.17) is 5.73 Å². The highest BCUT2D eigenvalue weighted by atomic mass is 79.9. The Labute approximate surface area is 117 Å². The van der Waals surface area contributed by atoms with Gasteiger partial charge in [0.15, 0.2) is 0 Å². The maximum absolute atomic E-state index is 5.93. The molecule has 94 valence electrons. The molecule has 0 saturated heterocycles. The summed E-state index contributed by atoms with van der Waals surface area (Å²) in [4.78, 5) is 0. The lowest BCUT2D eigenvalue weighted by Crippen LogP contribution is -2.15. The summed E-state index contributed by atoms with van der Waals surface area (Å²) in [6.45, 7) is 2.77. The third-order valence-corrected chi connectivity index (χ3v) is 3.95. The van der Waals surface area contributed by atoms with Crippen LogP contribution in [0.15, 0.2) is 53.0 Å². The smallest absolute Gasteiger partial charge is 0.0210 e. The Bertz CT molecular complexity index is 505. The van der Waals surface area contributed by atoms with Gasteiger partial charge in [0, 0.05) is 10.4 Å². The second-order valence-electron chi connectivity index (χ2n) is 4.64. The van der Waals surface area contributed by atoms with E-state index in [2.05, 4.69) is 65.3 Å². The predicted octanol–water partition coefficient (Wildman–Crippen LogP) is 4.04. The van der Waals surface area contributed by atoms with Gasteiger partial charge >= 0.3 is 0 Å². The summed E-state index contributed by atoms with van der Waals surface area (Å²) in [6.07, 6.45) is 0.986. The molecule has 0 fully saturated rings. The minimum atomic E-state index is 0.364. The number of halogens is 1. The van der Waals surface area contributed by atoms with Gasteiger partial charge in [0.1, 0.15) is 0 Å². The number of hydrogen-bond acceptors (Lipinski definition) is 1. The molecule has 0 heterocycles. The molecule has 1 unspecified atom stereocenters. The third-order valence-electron chi connectivity index (χ3n) is 3.23. The van der Waals surface area contributed by atoms with Crippen LogP contribution in [0.25, 0.3) is 0 Å². The van der Waals surface area contributed by atoms with Gasteiger partial charge < -0.3 is 5.73 Å². The van der Waals surface area contributed by atoms with Crippen LogP contribution in [0.2, 0.25) is 0 Å². The number of rotatable bonds is 4. The molecule has 0 radical (unpaired) electrons. The first kappa shape index (κ1) is 13.3. The molecule has 1 nitrogen and oxygen atoms in total. The van der Waals surface area contributed by atoms with E-state index in [0.717, 1.165) is 10.9 Å². The van der Waals surface area contributed by atoms with Crippen molar-refractivity contribution in [2.45, 2.75) is 19.3 Å². The largest absolute Gasteiger partial charge is 0.330 e. The molecule has 0 spiro atoms. The molecule has 0 aliphatic heterocycles. The maximum Gasteiger partial charge on any atom is 0.0210 e. The van der Waals surface area contributed by atoms with Crippen molar-refractivity contribution in [1.82, 2.24) is 0 Å². The van der Waals surface area contributed by atoms with Gasteiger partial charge in [-0.25, -0.2) is 0 Å². The Balaban J connectivity index is 2.20. The minimum absolute atomic E-state index is 0.364. The molecule has 0 aliphatic rings. The zero-order valence-corrected chi connectivity index (χ0v) is 12.2. The van der Waals surface area contributed by atoms with Crippen LogP contribution in [-0.2, 0) is 6.42 Å². The normalized spacial score (nSPS) is 12.4. The maximum atomic E-state index is 5.93. The molecular formula is C16H18BrN. The van der Waals surface area contributed by atoms with Crippen LogP contribution >= 0.6 is 15.9 Å². The van der Waals surface area contributed by atoms with Gasteiger partial charge in [-0.3, -0.25) is 0 Å². The highest BCUT2D eigenvalue weighted by Gasteiger charge is 2.13. The van der Waals surface area contributed by atoms with Gasteiger partial charge in [-0.2, -0.15) is 0 Å². The van der Waals surface area contributed by atoms with E-state index in [0.29, 0.717) is 12.5 Å². The molecule has 2 rings (SSSR count). The topological polar surface area (TPSA) is 26.0 Å². The lowest BCUT2D eigenvalue weighted by molar-refractivity contribution is 0.691. The molecule has 2 heteroatoms. The van der Waals surface area contributed by atoms with Crippen LogP contribution < -0.4 is 5.73 Å². The molecule has 2 N–H and O–H groups in total. The number of aryl methyl sites for hydroxylation is 1.